The fourth-order valence-corrected chi connectivity index (χ4v) is 0.881. The third-order valence-corrected chi connectivity index (χ3v) is 1.75. The molecule has 0 spiro atoms. The summed E-state index contributed by atoms with van der Waals surface area (Å²) >= 11 is 0. The maximum atomic E-state index is 10.9. The maximum Gasteiger partial charge on any atom is 0.332 e. The summed E-state index contributed by atoms with van der Waals surface area (Å²) in [5.41, 5.74) is 0. The van der Waals surface area contributed by atoms with Crippen LogP contribution in [0.3, 0.4) is 0 Å². The summed E-state index contributed by atoms with van der Waals surface area (Å²) in [5.74, 6) is -0.398. The number of nitrogens with zero attached hydrogens (tertiary/aromatic N) is 1. The smallest absolute Gasteiger partial charge is 0.332 e. The second kappa shape index (κ2) is 4.09. The number of unbranched alkanes of at least 4 members (excludes halogenated alkanes) is 1. The van der Waals surface area contributed by atoms with Gasteiger partial charge in [-0.1, -0.05) is 13.3 Å². The second-order valence-electron chi connectivity index (χ2n) is 2.81. The van der Waals surface area contributed by atoms with E-state index in [0.717, 1.165) is 17.9 Å². The Bertz CT molecular complexity index is 191. The lowest BCUT2D eigenvalue weighted by atomic mass is 10.2. The third-order valence-electron chi connectivity index (χ3n) is 1.75. The molecule has 0 N–H and O–H groups in total. The van der Waals surface area contributed by atoms with Crippen LogP contribution in [0.15, 0.2) is 0 Å². The lowest BCUT2D eigenvalue weighted by Gasteiger charge is -2.27. The van der Waals surface area contributed by atoms with E-state index >= 15 is 0 Å². The van der Waals surface area contributed by atoms with Gasteiger partial charge in [-0.2, -0.15) is 5.06 Å². The van der Waals surface area contributed by atoms with Crippen LogP contribution in [0, 0.1) is 0 Å². The van der Waals surface area contributed by atoms with E-state index in [1.54, 1.807) is 0 Å². The Morgan fingerprint density at radius 2 is 2.42 bits per heavy atom. The van der Waals surface area contributed by atoms with Crippen LogP contribution in [0.1, 0.15) is 32.6 Å². The molecule has 1 aliphatic rings. The summed E-state index contributed by atoms with van der Waals surface area (Å²) in [6.45, 7) is 2.55. The van der Waals surface area contributed by atoms with Crippen molar-refractivity contribution >= 4 is 11.9 Å². The Hall–Kier alpha value is -1.06. The van der Waals surface area contributed by atoms with Gasteiger partial charge in [-0.05, 0) is 6.42 Å². The summed E-state index contributed by atoms with van der Waals surface area (Å²) in [7, 11) is 0. The Kier molecular flexibility index (Phi) is 3.08. The van der Waals surface area contributed by atoms with Crippen molar-refractivity contribution in [2.75, 3.05) is 6.54 Å². The summed E-state index contributed by atoms with van der Waals surface area (Å²) in [5, 5.41) is 1.12. The van der Waals surface area contributed by atoms with Gasteiger partial charge < -0.3 is 4.84 Å². The van der Waals surface area contributed by atoms with Gasteiger partial charge in [0.1, 0.15) is 0 Å². The monoisotopic (exact) mass is 171 g/mol. The molecule has 0 aliphatic carbocycles. The Morgan fingerprint density at radius 3 is 2.83 bits per heavy atom. The highest BCUT2D eigenvalue weighted by Crippen LogP contribution is 2.10. The van der Waals surface area contributed by atoms with Crippen molar-refractivity contribution in [1.29, 1.82) is 0 Å². The molecular formula is C8H13NO3. The Morgan fingerprint density at radius 1 is 1.67 bits per heavy atom. The van der Waals surface area contributed by atoms with E-state index in [2.05, 4.69) is 0 Å². The number of hydroxylamine groups is 2. The van der Waals surface area contributed by atoms with Gasteiger partial charge in [-0.25, -0.2) is 4.79 Å². The van der Waals surface area contributed by atoms with E-state index in [9.17, 15) is 9.59 Å². The SMILES string of the molecule is CCCCC(=O)ON1CCC1=O. The van der Waals surface area contributed by atoms with Crippen LogP contribution < -0.4 is 0 Å². The Balaban J connectivity index is 2.13. The van der Waals surface area contributed by atoms with E-state index in [1.807, 2.05) is 6.92 Å². The zero-order valence-electron chi connectivity index (χ0n) is 7.21. The van der Waals surface area contributed by atoms with Crippen molar-refractivity contribution in [1.82, 2.24) is 5.06 Å². The fourth-order valence-electron chi connectivity index (χ4n) is 0.881. The number of amides is 1. The van der Waals surface area contributed by atoms with Gasteiger partial charge in [-0.3, -0.25) is 4.79 Å². The molecule has 0 aromatic rings. The minimum Gasteiger partial charge on any atom is -0.338 e. The molecular weight excluding hydrogens is 158 g/mol. The number of β-lactam (4-membered cyclic amide) rings is 1. The highest BCUT2D eigenvalue weighted by atomic mass is 16.7. The van der Waals surface area contributed by atoms with Crippen molar-refractivity contribution in [2.45, 2.75) is 32.6 Å². The van der Waals surface area contributed by atoms with Crippen LogP contribution in [0.5, 0.6) is 0 Å². The molecule has 0 bridgehead atoms. The maximum absolute atomic E-state index is 10.9. The zero-order chi connectivity index (χ0) is 8.97. The molecule has 0 aromatic heterocycles. The lowest BCUT2D eigenvalue weighted by molar-refractivity contribution is -0.212. The van der Waals surface area contributed by atoms with Crippen molar-refractivity contribution in [3.63, 3.8) is 0 Å². The summed E-state index contributed by atoms with van der Waals surface area (Å²) in [4.78, 5) is 26.4. The van der Waals surface area contributed by atoms with Crippen molar-refractivity contribution in [2.24, 2.45) is 0 Å². The highest BCUT2D eigenvalue weighted by molar-refractivity contribution is 5.82. The molecule has 68 valence electrons. The number of carbonyl (C=O) groups is 2. The van der Waals surface area contributed by atoms with Crippen LogP contribution in [-0.4, -0.2) is 23.5 Å². The quantitative estimate of drug-likeness (QED) is 0.589. The molecule has 1 aliphatic heterocycles. The number of carbonyl (C=O) groups excluding carboxylic acids is 2. The van der Waals surface area contributed by atoms with Crippen molar-refractivity contribution < 1.29 is 14.4 Å². The largest absolute Gasteiger partial charge is 0.338 e. The molecule has 1 rings (SSSR count). The molecule has 0 unspecified atom stereocenters. The van der Waals surface area contributed by atoms with Crippen LogP contribution in [0.4, 0.5) is 0 Å². The third kappa shape index (κ3) is 2.22. The van der Waals surface area contributed by atoms with E-state index < -0.39 is 0 Å². The van der Waals surface area contributed by atoms with E-state index in [-0.39, 0.29) is 11.9 Å². The van der Waals surface area contributed by atoms with Gasteiger partial charge in [0.15, 0.2) is 0 Å². The lowest BCUT2D eigenvalue weighted by Crippen LogP contribution is -2.44. The first-order valence-corrected chi connectivity index (χ1v) is 4.25. The summed E-state index contributed by atoms with van der Waals surface area (Å²) < 4.78 is 0. The normalized spacial score (nSPS) is 15.8. The predicted molar refractivity (Wildman–Crippen MR) is 41.9 cm³/mol. The topological polar surface area (TPSA) is 46.6 Å². The van der Waals surface area contributed by atoms with Gasteiger partial charge in [0.25, 0.3) is 5.91 Å². The first-order valence-electron chi connectivity index (χ1n) is 4.25. The van der Waals surface area contributed by atoms with Crippen LogP contribution >= 0.6 is 0 Å². The average Bonchev–Trinajstić information content (AvgIpc) is 2.08. The predicted octanol–water partition coefficient (Wildman–Crippen LogP) is 0.867. The van der Waals surface area contributed by atoms with E-state index in [1.165, 1.54) is 0 Å². The molecule has 12 heavy (non-hydrogen) atoms. The van der Waals surface area contributed by atoms with E-state index in [4.69, 9.17) is 4.84 Å². The minimum atomic E-state index is -0.301. The summed E-state index contributed by atoms with van der Waals surface area (Å²) in [6.07, 6.45) is 2.69. The first-order chi connectivity index (χ1) is 5.74. The molecule has 4 nitrogen and oxygen atoms in total. The van der Waals surface area contributed by atoms with Gasteiger partial charge in [0.2, 0.25) is 0 Å². The van der Waals surface area contributed by atoms with Gasteiger partial charge in [-0.15, -0.1) is 0 Å². The highest BCUT2D eigenvalue weighted by Gasteiger charge is 2.27. The minimum absolute atomic E-state index is 0.0974. The molecule has 1 heterocycles. The number of hydrogen-bond acceptors (Lipinski definition) is 3. The zero-order valence-corrected chi connectivity index (χ0v) is 7.21. The molecule has 1 fully saturated rings. The number of rotatable bonds is 4. The van der Waals surface area contributed by atoms with Crippen LogP contribution in [0.2, 0.25) is 0 Å². The molecule has 1 amide bonds. The van der Waals surface area contributed by atoms with E-state index in [0.29, 0.717) is 19.4 Å². The van der Waals surface area contributed by atoms with Gasteiger partial charge in [0.05, 0.1) is 13.0 Å². The Labute approximate surface area is 71.4 Å². The van der Waals surface area contributed by atoms with Crippen molar-refractivity contribution in [3.8, 4) is 0 Å². The summed E-state index contributed by atoms with van der Waals surface area (Å²) in [6, 6.07) is 0. The molecule has 4 heteroatoms. The van der Waals surface area contributed by atoms with Gasteiger partial charge >= 0.3 is 5.97 Å². The van der Waals surface area contributed by atoms with Crippen LogP contribution in [0.25, 0.3) is 0 Å². The molecule has 0 radical (unpaired) electrons. The molecule has 0 aromatic carbocycles. The second-order valence-corrected chi connectivity index (χ2v) is 2.81. The molecule has 0 atom stereocenters. The fraction of sp³-hybridized carbons (Fsp3) is 0.750. The first kappa shape index (κ1) is 9.03. The van der Waals surface area contributed by atoms with Gasteiger partial charge in [0, 0.05) is 6.42 Å². The number of hydrogen-bond donors (Lipinski definition) is 0. The van der Waals surface area contributed by atoms with Crippen molar-refractivity contribution in [3.05, 3.63) is 0 Å². The van der Waals surface area contributed by atoms with Crippen LogP contribution in [-0.2, 0) is 14.4 Å². The standard InChI is InChI=1S/C8H13NO3/c1-2-3-4-8(11)12-9-6-5-7(9)10/h2-6H2,1H3. The average molecular weight is 171 g/mol. The molecule has 1 saturated heterocycles. The molecule has 0 saturated carbocycles.